The number of hydrogen-bond donors (Lipinski definition) is 1. The summed E-state index contributed by atoms with van der Waals surface area (Å²) in [6.45, 7) is 2.40. The standard InChI is InChI=1S/C30H29F2N3O3/c1-21-12-14-22(15-13-21)16-25(17-33-29(36)28(31)32)26-27(37-18-23-8-4-2-5-9-23)30(35-20-34-26)38-19-24-10-6-3-7-11-24/h2-15,20,25,28H,16-19H2,1H3,(H,33,36). The fourth-order valence-electron chi connectivity index (χ4n) is 3.93. The molecule has 196 valence electrons. The normalized spacial score (nSPS) is 11.7. The lowest BCUT2D eigenvalue weighted by molar-refractivity contribution is -0.131. The third-order valence-electron chi connectivity index (χ3n) is 5.95. The summed E-state index contributed by atoms with van der Waals surface area (Å²) < 4.78 is 38.2. The van der Waals surface area contributed by atoms with Crippen molar-refractivity contribution in [2.75, 3.05) is 6.54 Å². The molecule has 1 N–H and O–H groups in total. The van der Waals surface area contributed by atoms with E-state index in [4.69, 9.17) is 9.47 Å². The van der Waals surface area contributed by atoms with E-state index in [1.54, 1.807) is 0 Å². The summed E-state index contributed by atoms with van der Waals surface area (Å²) in [7, 11) is 0. The van der Waals surface area contributed by atoms with E-state index >= 15 is 0 Å². The van der Waals surface area contributed by atoms with E-state index in [2.05, 4.69) is 15.3 Å². The molecule has 6 nitrogen and oxygen atoms in total. The lowest BCUT2D eigenvalue weighted by Gasteiger charge is -2.22. The number of aromatic nitrogens is 2. The van der Waals surface area contributed by atoms with Crippen LogP contribution in [-0.4, -0.2) is 28.8 Å². The van der Waals surface area contributed by atoms with Crippen molar-refractivity contribution in [3.63, 3.8) is 0 Å². The molecule has 0 bridgehead atoms. The molecule has 0 saturated heterocycles. The van der Waals surface area contributed by atoms with Gasteiger partial charge in [0.2, 0.25) is 5.75 Å². The van der Waals surface area contributed by atoms with E-state index in [-0.39, 0.29) is 25.6 Å². The van der Waals surface area contributed by atoms with Crippen LogP contribution < -0.4 is 14.8 Å². The number of halogens is 2. The first-order chi connectivity index (χ1) is 18.5. The van der Waals surface area contributed by atoms with Crippen molar-refractivity contribution in [3.05, 3.63) is 119 Å². The molecule has 1 aromatic heterocycles. The van der Waals surface area contributed by atoms with Crippen molar-refractivity contribution < 1.29 is 23.0 Å². The van der Waals surface area contributed by atoms with Gasteiger partial charge in [-0.1, -0.05) is 90.5 Å². The zero-order valence-corrected chi connectivity index (χ0v) is 21.0. The van der Waals surface area contributed by atoms with E-state index in [0.29, 0.717) is 17.9 Å². The van der Waals surface area contributed by atoms with Crippen LogP contribution in [0.3, 0.4) is 0 Å². The molecular weight excluding hydrogens is 488 g/mol. The highest BCUT2D eigenvalue weighted by Crippen LogP contribution is 2.35. The molecule has 1 unspecified atom stereocenters. The summed E-state index contributed by atoms with van der Waals surface area (Å²) in [4.78, 5) is 20.6. The van der Waals surface area contributed by atoms with Gasteiger partial charge in [0.1, 0.15) is 19.5 Å². The Balaban J connectivity index is 1.67. The van der Waals surface area contributed by atoms with Gasteiger partial charge >= 0.3 is 6.43 Å². The molecule has 0 aliphatic rings. The Hall–Kier alpha value is -4.33. The monoisotopic (exact) mass is 517 g/mol. The van der Waals surface area contributed by atoms with Crippen LogP contribution in [0.2, 0.25) is 0 Å². The van der Waals surface area contributed by atoms with E-state index in [0.717, 1.165) is 22.3 Å². The predicted molar refractivity (Wildman–Crippen MR) is 140 cm³/mol. The highest BCUT2D eigenvalue weighted by molar-refractivity contribution is 5.79. The average Bonchev–Trinajstić information content (AvgIpc) is 2.95. The molecule has 1 atom stereocenters. The van der Waals surface area contributed by atoms with Gasteiger partial charge in [-0.05, 0) is 30.0 Å². The number of ether oxygens (including phenoxy) is 2. The number of nitrogens with one attached hydrogen (secondary N) is 1. The maximum Gasteiger partial charge on any atom is 0.315 e. The van der Waals surface area contributed by atoms with Gasteiger partial charge in [-0.25, -0.2) is 4.98 Å². The maximum absolute atomic E-state index is 13.0. The molecule has 38 heavy (non-hydrogen) atoms. The zero-order valence-electron chi connectivity index (χ0n) is 21.0. The fourth-order valence-corrected chi connectivity index (χ4v) is 3.93. The van der Waals surface area contributed by atoms with E-state index in [9.17, 15) is 13.6 Å². The van der Waals surface area contributed by atoms with Crippen LogP contribution in [0.5, 0.6) is 11.6 Å². The Morgan fingerprint density at radius 1 is 0.816 bits per heavy atom. The molecule has 0 spiro atoms. The second-order valence-electron chi connectivity index (χ2n) is 8.87. The maximum atomic E-state index is 13.0. The van der Waals surface area contributed by atoms with Crippen molar-refractivity contribution in [3.8, 4) is 11.6 Å². The van der Waals surface area contributed by atoms with Crippen LogP contribution in [0.1, 0.15) is 33.9 Å². The van der Waals surface area contributed by atoms with Gasteiger partial charge in [0.05, 0.1) is 5.69 Å². The Bertz CT molecular complexity index is 1300. The van der Waals surface area contributed by atoms with Crippen LogP contribution in [0.4, 0.5) is 8.78 Å². The van der Waals surface area contributed by atoms with Crippen LogP contribution in [0.15, 0.2) is 91.3 Å². The van der Waals surface area contributed by atoms with E-state index in [1.807, 2.05) is 91.9 Å². The first-order valence-electron chi connectivity index (χ1n) is 12.3. The first kappa shape index (κ1) is 26.7. The third kappa shape index (κ3) is 7.59. The molecule has 0 aliphatic heterocycles. The second kappa shape index (κ2) is 13.3. The summed E-state index contributed by atoms with van der Waals surface area (Å²) >= 11 is 0. The topological polar surface area (TPSA) is 73.3 Å². The molecule has 3 aromatic carbocycles. The van der Waals surface area contributed by atoms with Gasteiger partial charge in [0.25, 0.3) is 11.8 Å². The van der Waals surface area contributed by atoms with Gasteiger partial charge in [0, 0.05) is 12.5 Å². The molecule has 0 aliphatic carbocycles. The number of carbonyl (C=O) groups excluding carboxylic acids is 1. The zero-order chi connectivity index (χ0) is 26.7. The van der Waals surface area contributed by atoms with Crippen LogP contribution in [-0.2, 0) is 24.4 Å². The Morgan fingerprint density at radius 3 is 2.03 bits per heavy atom. The summed E-state index contributed by atoms with van der Waals surface area (Å²) in [6, 6.07) is 27.1. The fraction of sp³-hybridized carbons (Fsp3) is 0.233. The molecule has 8 heteroatoms. The molecule has 4 aromatic rings. The van der Waals surface area contributed by atoms with Crippen molar-refractivity contribution in [1.29, 1.82) is 0 Å². The Kier molecular flexibility index (Phi) is 9.34. The predicted octanol–water partition coefficient (Wildman–Crippen LogP) is 5.65. The number of rotatable bonds is 12. The lowest BCUT2D eigenvalue weighted by Crippen LogP contribution is -2.34. The van der Waals surface area contributed by atoms with Crippen molar-refractivity contribution >= 4 is 5.91 Å². The second-order valence-corrected chi connectivity index (χ2v) is 8.87. The van der Waals surface area contributed by atoms with Gasteiger partial charge in [0.15, 0.2) is 0 Å². The minimum Gasteiger partial charge on any atom is -0.482 e. The minimum atomic E-state index is -3.11. The highest BCUT2D eigenvalue weighted by atomic mass is 19.3. The van der Waals surface area contributed by atoms with Crippen molar-refractivity contribution in [2.45, 2.75) is 38.9 Å². The molecule has 1 amide bonds. The van der Waals surface area contributed by atoms with Crippen molar-refractivity contribution in [2.24, 2.45) is 0 Å². The van der Waals surface area contributed by atoms with E-state index < -0.39 is 18.3 Å². The van der Waals surface area contributed by atoms with Crippen LogP contribution in [0.25, 0.3) is 0 Å². The number of aryl methyl sites for hydroxylation is 1. The summed E-state index contributed by atoms with van der Waals surface area (Å²) in [5, 5.41) is 2.34. The number of amides is 1. The van der Waals surface area contributed by atoms with Crippen LogP contribution >= 0.6 is 0 Å². The number of nitrogens with zero attached hydrogens (tertiary/aromatic N) is 2. The number of carbonyl (C=O) groups is 1. The van der Waals surface area contributed by atoms with Crippen molar-refractivity contribution in [1.82, 2.24) is 15.3 Å². The SMILES string of the molecule is Cc1ccc(CC(CNC(=O)C(F)F)c2ncnc(OCc3ccccc3)c2OCc2ccccc2)cc1. The van der Waals surface area contributed by atoms with Gasteiger partial charge < -0.3 is 14.8 Å². The summed E-state index contributed by atoms with van der Waals surface area (Å²) in [5.41, 5.74) is 4.40. The van der Waals surface area contributed by atoms with Gasteiger partial charge in [-0.2, -0.15) is 13.8 Å². The van der Waals surface area contributed by atoms with E-state index in [1.165, 1.54) is 6.33 Å². The summed E-state index contributed by atoms with van der Waals surface area (Å²) in [6.07, 6.45) is -1.32. The molecule has 0 radical (unpaired) electrons. The Morgan fingerprint density at radius 2 is 1.42 bits per heavy atom. The number of benzene rings is 3. The first-order valence-corrected chi connectivity index (χ1v) is 12.3. The summed E-state index contributed by atoms with van der Waals surface area (Å²) in [5.74, 6) is -1.26. The average molecular weight is 518 g/mol. The quantitative estimate of drug-likeness (QED) is 0.263. The molecule has 0 fully saturated rings. The highest BCUT2D eigenvalue weighted by Gasteiger charge is 2.25. The largest absolute Gasteiger partial charge is 0.482 e. The molecule has 0 saturated carbocycles. The Labute approximate surface area is 220 Å². The molecular formula is C30H29F2N3O3. The molecule has 1 heterocycles. The number of alkyl halides is 2. The lowest BCUT2D eigenvalue weighted by atomic mass is 9.94. The van der Waals surface area contributed by atoms with Crippen LogP contribution in [0, 0.1) is 6.92 Å². The number of hydrogen-bond acceptors (Lipinski definition) is 5. The van der Waals surface area contributed by atoms with Gasteiger partial charge in [-0.3, -0.25) is 4.79 Å². The van der Waals surface area contributed by atoms with Gasteiger partial charge in [-0.15, -0.1) is 0 Å². The minimum absolute atomic E-state index is 0.0616. The third-order valence-corrected chi connectivity index (χ3v) is 5.95. The smallest absolute Gasteiger partial charge is 0.315 e. The molecule has 4 rings (SSSR count).